The molecule has 24 nitrogen and oxygen atoms in total. The number of carboxylic acids is 2. The Hall–Kier alpha value is -7.32. The summed E-state index contributed by atoms with van der Waals surface area (Å²) in [6, 6.07) is 12.4. The van der Waals surface area contributed by atoms with E-state index in [1.807, 2.05) is 0 Å². The molecular formula is C42H41O24+. The molecule has 0 aliphatic carbocycles. The summed E-state index contributed by atoms with van der Waals surface area (Å²) in [5.41, 5.74) is 0.343. The summed E-state index contributed by atoms with van der Waals surface area (Å²) in [7, 11) is 0. The first kappa shape index (κ1) is 48.1. The molecule has 24 heteroatoms. The Morgan fingerprint density at radius 2 is 1.24 bits per heavy atom. The molecule has 1 aromatic heterocycles. The molecule has 10 atom stereocenters. The lowest BCUT2D eigenvalue weighted by atomic mass is 9.98. The third kappa shape index (κ3) is 11.7. The maximum Gasteiger partial charge on any atom is 0.402 e. The number of phenolic OH excluding ortho intramolecular Hbond substituents is 4. The molecule has 10 unspecified atom stereocenters. The number of aliphatic hydroxyl groups is 5. The molecule has 66 heavy (non-hydrogen) atoms. The number of fused-ring (bicyclic) bond motifs is 1. The lowest BCUT2D eigenvalue weighted by molar-refractivity contribution is -0.282. The highest BCUT2D eigenvalue weighted by atomic mass is 16.7. The van der Waals surface area contributed by atoms with E-state index in [-0.39, 0.29) is 33.8 Å². The summed E-state index contributed by atoms with van der Waals surface area (Å²) >= 11 is 0. The SMILES string of the molecule is O=C(O)CC(=O)OCC1OC(Oc2cc(O)cc3[o+]c(-c4ccc(O)cc4)c(OC4OC(COC(=O)C=Cc5ccc(O)c(O)c5)C(O)C(O)C4O)cc23)C(O)C(O)C1OC(=O)CC(=O)O. The fraction of sp³-hybridized carbons (Fsp3) is 0.333. The summed E-state index contributed by atoms with van der Waals surface area (Å²) in [4.78, 5) is 59.0. The van der Waals surface area contributed by atoms with Crippen LogP contribution in [0.5, 0.6) is 34.5 Å². The van der Waals surface area contributed by atoms with E-state index in [0.717, 1.165) is 18.2 Å². The van der Waals surface area contributed by atoms with E-state index in [0.29, 0.717) is 5.56 Å². The molecule has 2 aliphatic heterocycles. The molecule has 0 saturated carbocycles. The minimum atomic E-state index is -2.14. The van der Waals surface area contributed by atoms with Crippen molar-refractivity contribution in [2.24, 2.45) is 0 Å². The quantitative estimate of drug-likeness (QED) is 0.0174. The number of aliphatic hydroxyl groups excluding tert-OH is 5. The number of aromatic hydroxyl groups is 4. The molecule has 0 radical (unpaired) electrons. The van der Waals surface area contributed by atoms with E-state index in [2.05, 4.69) is 0 Å². The Kier molecular flexibility index (Phi) is 15.1. The van der Waals surface area contributed by atoms with Crippen molar-refractivity contribution in [3.05, 3.63) is 72.3 Å². The van der Waals surface area contributed by atoms with Crippen LogP contribution in [0.25, 0.3) is 28.4 Å². The number of hydrogen-bond acceptors (Lipinski definition) is 21. The third-order valence-corrected chi connectivity index (χ3v) is 9.79. The van der Waals surface area contributed by atoms with Crippen molar-refractivity contribution in [3.8, 4) is 45.8 Å². The summed E-state index contributed by atoms with van der Waals surface area (Å²) in [5, 5.41) is 113. The van der Waals surface area contributed by atoms with E-state index in [9.17, 15) is 69.9 Å². The zero-order valence-corrected chi connectivity index (χ0v) is 33.8. The lowest BCUT2D eigenvalue weighted by Gasteiger charge is -2.41. The second-order valence-corrected chi connectivity index (χ2v) is 14.6. The lowest BCUT2D eigenvalue weighted by Crippen LogP contribution is -2.61. The average Bonchev–Trinajstić information content (AvgIpc) is 3.25. The molecule has 0 amide bonds. The molecule has 0 bridgehead atoms. The maximum absolute atomic E-state index is 12.6. The first-order valence-electron chi connectivity index (χ1n) is 19.4. The van der Waals surface area contributed by atoms with Crippen molar-refractivity contribution >= 4 is 46.9 Å². The first-order chi connectivity index (χ1) is 31.3. The van der Waals surface area contributed by atoms with Crippen LogP contribution in [0.2, 0.25) is 0 Å². The normalized spacial score (nSPS) is 25.2. The van der Waals surface area contributed by atoms with E-state index in [1.165, 1.54) is 54.6 Å². The maximum atomic E-state index is 12.6. The smallest absolute Gasteiger partial charge is 0.402 e. The van der Waals surface area contributed by atoms with Gasteiger partial charge in [0.15, 0.2) is 17.6 Å². The largest absolute Gasteiger partial charge is 0.508 e. The van der Waals surface area contributed by atoms with Crippen molar-refractivity contribution in [2.45, 2.75) is 74.3 Å². The summed E-state index contributed by atoms with van der Waals surface area (Å²) in [6.45, 7) is -1.62. The number of carbonyl (C=O) groups is 5. The summed E-state index contributed by atoms with van der Waals surface area (Å²) in [5.74, 6) is -9.22. The van der Waals surface area contributed by atoms with Gasteiger partial charge in [0.25, 0.3) is 0 Å². The fourth-order valence-corrected chi connectivity index (χ4v) is 6.54. The number of benzene rings is 3. The van der Waals surface area contributed by atoms with Crippen LogP contribution in [0.1, 0.15) is 18.4 Å². The summed E-state index contributed by atoms with van der Waals surface area (Å²) < 4.78 is 44.7. The van der Waals surface area contributed by atoms with Gasteiger partial charge in [-0.2, -0.15) is 0 Å². The molecule has 4 aromatic rings. The third-order valence-electron chi connectivity index (χ3n) is 9.79. The number of hydrogen-bond donors (Lipinski definition) is 11. The molecule has 3 heterocycles. The van der Waals surface area contributed by atoms with Crippen molar-refractivity contribution in [1.29, 1.82) is 0 Å². The van der Waals surface area contributed by atoms with Gasteiger partial charge in [-0.25, -0.2) is 9.21 Å². The zero-order valence-electron chi connectivity index (χ0n) is 33.8. The monoisotopic (exact) mass is 929 g/mol. The number of esters is 3. The van der Waals surface area contributed by atoms with Crippen molar-refractivity contribution < 1.29 is 118 Å². The van der Waals surface area contributed by atoms with Gasteiger partial charge >= 0.3 is 41.2 Å². The Morgan fingerprint density at radius 1 is 0.621 bits per heavy atom. The second-order valence-electron chi connectivity index (χ2n) is 14.6. The van der Waals surface area contributed by atoms with Gasteiger partial charge in [-0.05, 0) is 48.0 Å². The molecule has 11 N–H and O–H groups in total. The van der Waals surface area contributed by atoms with Gasteiger partial charge in [0.1, 0.15) is 91.4 Å². The van der Waals surface area contributed by atoms with Gasteiger partial charge in [0.05, 0.1) is 11.6 Å². The van der Waals surface area contributed by atoms with E-state index < -0.39 is 140 Å². The number of aliphatic carboxylic acids is 2. The van der Waals surface area contributed by atoms with Gasteiger partial charge in [0, 0.05) is 18.2 Å². The number of carboxylic acid groups (broad SMARTS) is 2. The highest BCUT2D eigenvalue weighted by Crippen LogP contribution is 2.42. The zero-order chi connectivity index (χ0) is 48.0. The topological polar surface area (TPSA) is 384 Å². The minimum absolute atomic E-state index is 0.111. The minimum Gasteiger partial charge on any atom is -0.508 e. The molecule has 352 valence electrons. The molecule has 2 saturated heterocycles. The average molecular weight is 930 g/mol. The van der Waals surface area contributed by atoms with Crippen LogP contribution in [0.4, 0.5) is 0 Å². The van der Waals surface area contributed by atoms with Crippen LogP contribution >= 0.6 is 0 Å². The molecule has 6 rings (SSSR count). The summed E-state index contributed by atoms with van der Waals surface area (Å²) in [6.07, 6.45) is -19.2. The van der Waals surface area contributed by atoms with Crippen LogP contribution in [0.3, 0.4) is 0 Å². The Bertz CT molecular complexity index is 2470. The molecule has 3 aromatic carbocycles. The first-order valence-corrected chi connectivity index (χ1v) is 19.4. The Labute approximate surface area is 369 Å². The van der Waals surface area contributed by atoms with Crippen LogP contribution < -0.4 is 9.47 Å². The Balaban J connectivity index is 1.30. The van der Waals surface area contributed by atoms with Crippen LogP contribution in [-0.4, -0.2) is 161 Å². The highest BCUT2D eigenvalue weighted by molar-refractivity contribution is 5.91. The molecular weight excluding hydrogens is 888 g/mol. The predicted molar refractivity (Wildman–Crippen MR) is 213 cm³/mol. The number of carbonyl (C=O) groups excluding carboxylic acids is 3. The molecule has 2 fully saturated rings. The van der Waals surface area contributed by atoms with Crippen molar-refractivity contribution in [3.63, 3.8) is 0 Å². The van der Waals surface area contributed by atoms with Gasteiger partial charge < -0.3 is 89.3 Å². The van der Waals surface area contributed by atoms with Crippen LogP contribution in [-0.2, 0) is 47.7 Å². The van der Waals surface area contributed by atoms with E-state index in [1.54, 1.807) is 0 Å². The fourth-order valence-electron chi connectivity index (χ4n) is 6.54. The van der Waals surface area contributed by atoms with Crippen LogP contribution in [0.15, 0.2) is 71.2 Å². The van der Waals surface area contributed by atoms with Crippen molar-refractivity contribution in [1.82, 2.24) is 0 Å². The van der Waals surface area contributed by atoms with Gasteiger partial charge in [-0.3, -0.25) is 19.2 Å². The van der Waals surface area contributed by atoms with Crippen LogP contribution in [0, 0.1) is 0 Å². The second kappa shape index (κ2) is 20.7. The van der Waals surface area contributed by atoms with Gasteiger partial charge in [0.2, 0.25) is 18.3 Å². The molecule has 0 spiro atoms. The van der Waals surface area contributed by atoms with E-state index in [4.69, 9.17) is 47.8 Å². The van der Waals surface area contributed by atoms with Gasteiger partial charge in [-0.1, -0.05) is 6.07 Å². The number of ether oxygens (including phenoxy) is 7. The molecule has 2 aliphatic rings. The number of rotatable bonds is 16. The highest BCUT2D eigenvalue weighted by Gasteiger charge is 2.50. The van der Waals surface area contributed by atoms with Gasteiger partial charge in [-0.15, -0.1) is 0 Å². The number of phenols is 4. The standard InChI is InChI=1S/C42H40O24/c43-19-5-3-18(4-6-19)39-26(63-41-37(57)35(55)34(54)27(64-41)15-59-31(51)8-2-17-1-7-22(45)23(46)9-17)12-21-24(61-39)10-20(44)11-25(21)62-42-38(58)36(56)40(66-33(53)14-30(49)50)28(65-42)16-60-32(52)13-29(47)48/h1-12,27-28,34-38,40-42,54-58H,13-16H2,(H5-,43,44,45,46,47,48,49,50,51)/p+1. The van der Waals surface area contributed by atoms with E-state index >= 15 is 0 Å². The van der Waals surface area contributed by atoms with Crippen molar-refractivity contribution in [2.75, 3.05) is 13.2 Å². The predicted octanol–water partition coefficient (Wildman–Crippen LogP) is -0.124. The Morgan fingerprint density at radius 3 is 1.91 bits per heavy atom.